The number of carbonyl (C=O) groups excluding carboxylic acids is 2. The minimum absolute atomic E-state index is 0.263. The molecule has 0 atom stereocenters. The van der Waals surface area contributed by atoms with Gasteiger partial charge in [-0.3, -0.25) is 4.79 Å². The lowest BCUT2D eigenvalue weighted by molar-refractivity contribution is -0.150. The van der Waals surface area contributed by atoms with Gasteiger partial charge in [0.1, 0.15) is 0 Å². The highest BCUT2D eigenvalue weighted by Gasteiger charge is 2.15. The van der Waals surface area contributed by atoms with Crippen molar-refractivity contribution in [2.24, 2.45) is 0 Å². The maximum atomic E-state index is 11.1. The van der Waals surface area contributed by atoms with E-state index in [-0.39, 0.29) is 10.7 Å². The quantitative estimate of drug-likeness (QED) is 0.611. The highest BCUT2D eigenvalue weighted by atomic mass is 35.5. The van der Waals surface area contributed by atoms with Crippen LogP contribution in [0.5, 0.6) is 0 Å². The van der Waals surface area contributed by atoms with Gasteiger partial charge in [-0.05, 0) is 18.2 Å². The molecule has 1 amide bonds. The number of carbonyl (C=O) groups is 2. The molecule has 0 unspecified atom stereocenters. The zero-order valence-electron chi connectivity index (χ0n) is 7.71. The van der Waals surface area contributed by atoms with E-state index in [1.165, 1.54) is 12.1 Å². The molecular weight excluding hydrogens is 241 g/mol. The molecule has 1 N–H and O–H groups in total. The van der Waals surface area contributed by atoms with E-state index in [9.17, 15) is 9.59 Å². The van der Waals surface area contributed by atoms with Crippen LogP contribution in [0.15, 0.2) is 18.2 Å². The van der Waals surface area contributed by atoms with Crippen molar-refractivity contribution < 1.29 is 14.3 Å². The molecule has 80 valence electrons. The van der Waals surface area contributed by atoms with Crippen molar-refractivity contribution in [3.63, 3.8) is 0 Å². The predicted octanol–water partition coefficient (Wildman–Crippen LogP) is 2.10. The van der Waals surface area contributed by atoms with Gasteiger partial charge in [0.15, 0.2) is 0 Å². The summed E-state index contributed by atoms with van der Waals surface area (Å²) < 4.78 is 4.23. The Labute approximate surface area is 96.1 Å². The van der Waals surface area contributed by atoms with Crippen molar-refractivity contribution >= 4 is 40.8 Å². The molecule has 0 fully saturated rings. The first-order valence-electron chi connectivity index (χ1n) is 3.89. The fourth-order valence-electron chi connectivity index (χ4n) is 0.859. The Balaban J connectivity index is 2.85. The van der Waals surface area contributed by atoms with E-state index in [1.807, 2.05) is 0 Å². The zero-order valence-corrected chi connectivity index (χ0v) is 9.22. The van der Waals surface area contributed by atoms with Gasteiger partial charge in [-0.1, -0.05) is 23.2 Å². The van der Waals surface area contributed by atoms with Gasteiger partial charge in [-0.2, -0.15) is 0 Å². The second-order valence-corrected chi connectivity index (χ2v) is 3.41. The Morgan fingerprint density at radius 2 is 2.00 bits per heavy atom. The number of halogens is 2. The second kappa shape index (κ2) is 5.00. The van der Waals surface area contributed by atoms with Crippen LogP contribution in [0, 0.1) is 0 Å². The van der Waals surface area contributed by atoms with Gasteiger partial charge in [-0.15, -0.1) is 0 Å². The lowest BCUT2D eigenvalue weighted by Crippen LogP contribution is -2.23. The zero-order chi connectivity index (χ0) is 11.4. The van der Waals surface area contributed by atoms with E-state index in [4.69, 9.17) is 23.2 Å². The Morgan fingerprint density at radius 3 is 2.60 bits per heavy atom. The number of hydrogen-bond acceptors (Lipinski definition) is 3. The lowest BCUT2D eigenvalue weighted by atomic mass is 10.3. The average molecular weight is 248 g/mol. The van der Waals surface area contributed by atoms with Gasteiger partial charge < -0.3 is 10.1 Å². The summed E-state index contributed by atoms with van der Waals surface area (Å²) in [4.78, 5) is 21.9. The summed E-state index contributed by atoms with van der Waals surface area (Å²) in [5, 5.41) is 2.96. The second-order valence-electron chi connectivity index (χ2n) is 2.57. The van der Waals surface area contributed by atoms with Gasteiger partial charge in [0.25, 0.3) is 0 Å². The summed E-state index contributed by atoms with van der Waals surface area (Å²) in [5.74, 6) is -1.90. The van der Waals surface area contributed by atoms with Crippen LogP contribution in [0.25, 0.3) is 0 Å². The molecule has 0 aliphatic heterocycles. The lowest BCUT2D eigenvalue weighted by Gasteiger charge is -2.05. The number of amides is 1. The molecule has 0 aliphatic carbocycles. The number of benzene rings is 1. The highest BCUT2D eigenvalue weighted by Crippen LogP contribution is 2.25. The summed E-state index contributed by atoms with van der Waals surface area (Å²) in [7, 11) is 1.11. The third-order valence-corrected chi connectivity index (χ3v) is 2.11. The van der Waals surface area contributed by atoms with E-state index in [2.05, 4.69) is 10.1 Å². The Kier molecular flexibility index (Phi) is 3.94. The molecule has 0 radical (unpaired) electrons. The molecule has 15 heavy (non-hydrogen) atoms. The Morgan fingerprint density at radius 1 is 1.33 bits per heavy atom. The van der Waals surface area contributed by atoms with Crippen molar-refractivity contribution in [1.29, 1.82) is 0 Å². The van der Waals surface area contributed by atoms with Crippen molar-refractivity contribution in [2.75, 3.05) is 12.4 Å². The van der Waals surface area contributed by atoms with Crippen molar-refractivity contribution in [2.45, 2.75) is 0 Å². The summed E-state index contributed by atoms with van der Waals surface area (Å²) in [6, 6.07) is 4.51. The van der Waals surface area contributed by atoms with Crippen LogP contribution < -0.4 is 5.32 Å². The molecule has 0 saturated heterocycles. The summed E-state index contributed by atoms with van der Waals surface area (Å²) in [6.07, 6.45) is 0. The SMILES string of the molecule is COC(=O)C(=O)Nc1cc(Cl)ccc1Cl. The van der Waals surface area contributed by atoms with Gasteiger partial charge in [-0.25, -0.2) is 4.79 Å². The normalized spacial score (nSPS) is 9.53. The molecule has 6 heteroatoms. The minimum Gasteiger partial charge on any atom is -0.462 e. The minimum atomic E-state index is -0.994. The Bertz CT molecular complexity index is 406. The van der Waals surface area contributed by atoms with Gasteiger partial charge in [0.2, 0.25) is 0 Å². The van der Waals surface area contributed by atoms with E-state index < -0.39 is 11.9 Å². The number of hydrogen-bond donors (Lipinski definition) is 1. The summed E-state index contributed by atoms with van der Waals surface area (Å²) in [5.41, 5.74) is 0.263. The number of rotatable bonds is 1. The first-order valence-corrected chi connectivity index (χ1v) is 4.64. The standard InChI is InChI=1S/C9H7Cl2NO3/c1-15-9(14)8(13)12-7-4-5(10)2-3-6(7)11/h2-4H,1H3,(H,12,13). The molecule has 1 rings (SSSR count). The van der Waals surface area contributed by atoms with E-state index in [0.29, 0.717) is 5.02 Å². The van der Waals surface area contributed by atoms with E-state index >= 15 is 0 Å². The number of methoxy groups -OCH3 is 1. The number of anilines is 1. The summed E-state index contributed by atoms with van der Waals surface area (Å²) in [6.45, 7) is 0. The van der Waals surface area contributed by atoms with Crippen LogP contribution in [-0.4, -0.2) is 19.0 Å². The third kappa shape index (κ3) is 3.11. The molecule has 0 heterocycles. The van der Waals surface area contributed by atoms with Crippen LogP contribution in [0.3, 0.4) is 0 Å². The molecule has 0 aromatic heterocycles. The van der Waals surface area contributed by atoms with Crippen molar-refractivity contribution in [3.8, 4) is 0 Å². The fourth-order valence-corrected chi connectivity index (χ4v) is 1.20. The smallest absolute Gasteiger partial charge is 0.396 e. The Hall–Kier alpha value is -1.26. The maximum absolute atomic E-state index is 11.1. The van der Waals surface area contributed by atoms with Crippen LogP contribution in [0.4, 0.5) is 5.69 Å². The monoisotopic (exact) mass is 247 g/mol. The fraction of sp³-hybridized carbons (Fsp3) is 0.111. The van der Waals surface area contributed by atoms with Crippen molar-refractivity contribution in [3.05, 3.63) is 28.2 Å². The largest absolute Gasteiger partial charge is 0.462 e. The molecule has 4 nitrogen and oxygen atoms in total. The first kappa shape index (κ1) is 11.8. The van der Waals surface area contributed by atoms with Crippen molar-refractivity contribution in [1.82, 2.24) is 0 Å². The summed E-state index contributed by atoms with van der Waals surface area (Å²) >= 11 is 11.5. The topological polar surface area (TPSA) is 55.4 Å². The van der Waals surface area contributed by atoms with Crippen LogP contribution >= 0.6 is 23.2 Å². The highest BCUT2D eigenvalue weighted by molar-refractivity contribution is 6.40. The molecule has 1 aromatic carbocycles. The predicted molar refractivity (Wildman–Crippen MR) is 57.1 cm³/mol. The van der Waals surface area contributed by atoms with Gasteiger partial charge in [0, 0.05) is 5.02 Å². The van der Waals surface area contributed by atoms with Gasteiger partial charge in [0.05, 0.1) is 17.8 Å². The average Bonchev–Trinajstić information content (AvgIpc) is 2.22. The van der Waals surface area contributed by atoms with Crippen LogP contribution in [0.1, 0.15) is 0 Å². The number of nitrogens with one attached hydrogen (secondary N) is 1. The van der Waals surface area contributed by atoms with Crippen LogP contribution in [-0.2, 0) is 14.3 Å². The number of esters is 1. The molecular formula is C9H7Cl2NO3. The van der Waals surface area contributed by atoms with E-state index in [1.54, 1.807) is 6.07 Å². The van der Waals surface area contributed by atoms with Crippen LogP contribution in [0.2, 0.25) is 10.0 Å². The first-order chi connectivity index (χ1) is 7.04. The van der Waals surface area contributed by atoms with Gasteiger partial charge >= 0.3 is 11.9 Å². The molecule has 1 aromatic rings. The molecule has 0 bridgehead atoms. The molecule has 0 saturated carbocycles. The third-order valence-electron chi connectivity index (χ3n) is 1.55. The maximum Gasteiger partial charge on any atom is 0.396 e. The molecule has 0 spiro atoms. The molecule has 0 aliphatic rings. The number of ether oxygens (including phenoxy) is 1. The van der Waals surface area contributed by atoms with E-state index in [0.717, 1.165) is 7.11 Å².